The fourth-order valence-electron chi connectivity index (χ4n) is 1.82. The van der Waals surface area contributed by atoms with Gasteiger partial charge in [0.1, 0.15) is 11.6 Å². The summed E-state index contributed by atoms with van der Waals surface area (Å²) in [6, 6.07) is 1.88. The van der Waals surface area contributed by atoms with Crippen LogP contribution in [-0.2, 0) is 9.53 Å². The molecule has 7 nitrogen and oxygen atoms in total. The largest absolute Gasteiger partial charge is 0.453 e. The van der Waals surface area contributed by atoms with Crippen LogP contribution in [0, 0.1) is 11.3 Å². The van der Waals surface area contributed by atoms with Crippen LogP contribution in [0.4, 0.5) is 4.79 Å². The minimum Gasteiger partial charge on any atom is -0.453 e. The molecule has 110 valence electrons. The van der Waals surface area contributed by atoms with Gasteiger partial charge in [-0.15, -0.1) is 0 Å². The van der Waals surface area contributed by atoms with Crippen molar-refractivity contribution in [3.05, 3.63) is 11.8 Å². The van der Waals surface area contributed by atoms with Crippen molar-refractivity contribution in [2.45, 2.75) is 19.9 Å². The van der Waals surface area contributed by atoms with Gasteiger partial charge in [0, 0.05) is 38.4 Å². The third-order valence-corrected chi connectivity index (χ3v) is 2.84. The van der Waals surface area contributed by atoms with Crippen LogP contribution in [0.5, 0.6) is 0 Å². The zero-order valence-corrected chi connectivity index (χ0v) is 12.0. The molecule has 1 fully saturated rings. The minimum atomic E-state index is -0.377. The number of methoxy groups -OCH3 is 1. The molecule has 0 aromatic rings. The number of rotatable bonds is 3. The SMILES string of the molecule is COC(=O)N1CCN(/C=C(/C#N)C(=O)NC(C)C)CC1. The van der Waals surface area contributed by atoms with Crippen molar-refractivity contribution in [2.24, 2.45) is 0 Å². The van der Waals surface area contributed by atoms with E-state index in [9.17, 15) is 9.59 Å². The number of ether oxygens (including phenoxy) is 1. The highest BCUT2D eigenvalue weighted by atomic mass is 16.5. The van der Waals surface area contributed by atoms with E-state index in [0.717, 1.165) is 0 Å². The van der Waals surface area contributed by atoms with Gasteiger partial charge in [-0.25, -0.2) is 4.79 Å². The summed E-state index contributed by atoms with van der Waals surface area (Å²) >= 11 is 0. The lowest BCUT2D eigenvalue weighted by Gasteiger charge is -2.33. The second kappa shape index (κ2) is 7.38. The van der Waals surface area contributed by atoms with E-state index in [1.54, 1.807) is 11.1 Å². The van der Waals surface area contributed by atoms with Crippen molar-refractivity contribution >= 4 is 12.0 Å². The third kappa shape index (κ3) is 4.46. The van der Waals surface area contributed by atoms with E-state index >= 15 is 0 Å². The molecule has 0 aromatic heterocycles. The Bertz CT molecular complexity index is 431. The van der Waals surface area contributed by atoms with Gasteiger partial charge in [-0.2, -0.15) is 5.26 Å². The number of hydrogen-bond donors (Lipinski definition) is 1. The number of hydrogen-bond acceptors (Lipinski definition) is 5. The topological polar surface area (TPSA) is 85.7 Å². The Morgan fingerprint density at radius 2 is 1.90 bits per heavy atom. The maximum atomic E-state index is 11.8. The van der Waals surface area contributed by atoms with Crippen LogP contribution in [-0.4, -0.2) is 61.1 Å². The monoisotopic (exact) mass is 280 g/mol. The van der Waals surface area contributed by atoms with Gasteiger partial charge in [-0.3, -0.25) is 4.79 Å². The second-order valence-corrected chi connectivity index (χ2v) is 4.78. The standard InChI is InChI=1S/C13H20N4O3/c1-10(2)15-12(18)11(8-14)9-16-4-6-17(7-5-16)13(19)20-3/h9-10H,4-7H2,1-3H3,(H,15,18)/b11-9-. The van der Waals surface area contributed by atoms with Crippen molar-refractivity contribution in [2.75, 3.05) is 33.3 Å². The summed E-state index contributed by atoms with van der Waals surface area (Å²) in [5.74, 6) is -0.377. The summed E-state index contributed by atoms with van der Waals surface area (Å²) in [4.78, 5) is 26.5. The molecule has 0 bridgehead atoms. The first-order valence-corrected chi connectivity index (χ1v) is 6.47. The number of piperazine rings is 1. The highest BCUT2D eigenvalue weighted by Crippen LogP contribution is 2.06. The summed E-state index contributed by atoms with van der Waals surface area (Å²) < 4.78 is 4.65. The van der Waals surface area contributed by atoms with E-state index in [1.807, 2.05) is 24.8 Å². The van der Waals surface area contributed by atoms with Gasteiger partial charge in [0.25, 0.3) is 5.91 Å². The van der Waals surface area contributed by atoms with Crippen molar-refractivity contribution < 1.29 is 14.3 Å². The molecule has 0 saturated carbocycles. The van der Waals surface area contributed by atoms with Gasteiger partial charge in [0.15, 0.2) is 0 Å². The molecule has 0 aromatic carbocycles. The van der Waals surface area contributed by atoms with Crippen LogP contribution >= 0.6 is 0 Å². The normalized spacial score (nSPS) is 15.8. The average Bonchev–Trinajstić information content (AvgIpc) is 2.43. The number of nitrogens with zero attached hydrogens (tertiary/aromatic N) is 3. The first kappa shape index (κ1) is 15.8. The van der Waals surface area contributed by atoms with Crippen molar-refractivity contribution in [3.63, 3.8) is 0 Å². The molecule has 1 saturated heterocycles. The van der Waals surface area contributed by atoms with Gasteiger partial charge in [-0.1, -0.05) is 0 Å². The molecule has 0 unspecified atom stereocenters. The molecule has 1 rings (SSSR count). The fourth-order valence-corrected chi connectivity index (χ4v) is 1.82. The Kier molecular flexibility index (Phi) is 5.84. The average molecular weight is 280 g/mol. The van der Waals surface area contributed by atoms with E-state index in [0.29, 0.717) is 26.2 Å². The number of carbonyl (C=O) groups is 2. The van der Waals surface area contributed by atoms with Gasteiger partial charge in [0.05, 0.1) is 7.11 Å². The number of carbonyl (C=O) groups excluding carboxylic acids is 2. The number of amides is 2. The van der Waals surface area contributed by atoms with Crippen LogP contribution in [0.15, 0.2) is 11.8 Å². The van der Waals surface area contributed by atoms with Crippen LogP contribution in [0.1, 0.15) is 13.8 Å². The second-order valence-electron chi connectivity index (χ2n) is 4.78. The van der Waals surface area contributed by atoms with E-state index < -0.39 is 0 Å². The lowest BCUT2D eigenvalue weighted by Crippen LogP contribution is -2.47. The molecule has 1 heterocycles. The molecule has 1 aliphatic rings. The summed E-state index contributed by atoms with van der Waals surface area (Å²) in [6.45, 7) is 5.82. The predicted octanol–water partition coefficient (Wildman–Crippen LogP) is 0.302. The van der Waals surface area contributed by atoms with Gasteiger partial charge in [-0.05, 0) is 13.8 Å². The molecular weight excluding hydrogens is 260 g/mol. The smallest absolute Gasteiger partial charge is 0.409 e. The summed E-state index contributed by atoms with van der Waals surface area (Å²) in [6.07, 6.45) is 1.19. The third-order valence-electron chi connectivity index (χ3n) is 2.84. The Hall–Kier alpha value is -2.23. The van der Waals surface area contributed by atoms with E-state index in [-0.39, 0.29) is 23.6 Å². The lowest BCUT2D eigenvalue weighted by atomic mass is 10.2. The van der Waals surface area contributed by atoms with Crippen molar-refractivity contribution in [1.82, 2.24) is 15.1 Å². The summed E-state index contributed by atoms with van der Waals surface area (Å²) in [5.41, 5.74) is 0.0743. The quantitative estimate of drug-likeness (QED) is 0.593. The van der Waals surface area contributed by atoms with Crippen LogP contribution in [0.2, 0.25) is 0 Å². The predicted molar refractivity (Wildman–Crippen MR) is 72.5 cm³/mol. The van der Waals surface area contributed by atoms with Crippen LogP contribution in [0.25, 0.3) is 0 Å². The molecule has 20 heavy (non-hydrogen) atoms. The van der Waals surface area contributed by atoms with Crippen molar-refractivity contribution in [3.8, 4) is 6.07 Å². The molecule has 0 aliphatic carbocycles. The molecule has 0 atom stereocenters. The van der Waals surface area contributed by atoms with Gasteiger partial charge in [0.2, 0.25) is 0 Å². The van der Waals surface area contributed by atoms with Crippen LogP contribution in [0.3, 0.4) is 0 Å². The van der Waals surface area contributed by atoms with Crippen molar-refractivity contribution in [1.29, 1.82) is 5.26 Å². The van der Waals surface area contributed by atoms with E-state index in [1.165, 1.54) is 7.11 Å². The Balaban J connectivity index is 2.59. The molecule has 1 aliphatic heterocycles. The molecule has 1 N–H and O–H groups in total. The maximum absolute atomic E-state index is 11.8. The Morgan fingerprint density at radius 3 is 2.35 bits per heavy atom. The highest BCUT2D eigenvalue weighted by Gasteiger charge is 2.21. The fraction of sp³-hybridized carbons (Fsp3) is 0.615. The summed E-state index contributed by atoms with van der Waals surface area (Å²) in [7, 11) is 1.35. The van der Waals surface area contributed by atoms with Gasteiger partial charge >= 0.3 is 6.09 Å². The van der Waals surface area contributed by atoms with E-state index in [4.69, 9.17) is 5.26 Å². The maximum Gasteiger partial charge on any atom is 0.409 e. The molecule has 0 radical (unpaired) electrons. The Morgan fingerprint density at radius 1 is 1.30 bits per heavy atom. The molecule has 2 amide bonds. The number of nitrogens with one attached hydrogen (secondary N) is 1. The zero-order valence-electron chi connectivity index (χ0n) is 12.0. The molecule has 0 spiro atoms. The first-order valence-electron chi connectivity index (χ1n) is 6.47. The first-order chi connectivity index (χ1) is 9.47. The number of nitriles is 1. The summed E-state index contributed by atoms with van der Waals surface area (Å²) in [5, 5.41) is 11.7. The zero-order chi connectivity index (χ0) is 15.1. The van der Waals surface area contributed by atoms with Crippen LogP contribution < -0.4 is 5.32 Å². The van der Waals surface area contributed by atoms with Gasteiger partial charge < -0.3 is 19.9 Å². The minimum absolute atomic E-state index is 0.0181. The Labute approximate surface area is 118 Å². The molecular formula is C13H20N4O3. The van der Waals surface area contributed by atoms with E-state index in [2.05, 4.69) is 10.1 Å². The highest BCUT2D eigenvalue weighted by molar-refractivity contribution is 5.97. The molecule has 7 heteroatoms. The lowest BCUT2D eigenvalue weighted by molar-refractivity contribution is -0.117.